The molecule has 0 amide bonds. The van der Waals surface area contributed by atoms with Gasteiger partial charge in [-0.3, -0.25) is 14.9 Å². The number of benzene rings is 2. The molecule has 1 heterocycles. The van der Waals surface area contributed by atoms with E-state index in [1.807, 2.05) is 30.3 Å². The van der Waals surface area contributed by atoms with Crippen LogP contribution in [-0.4, -0.2) is 16.7 Å². The first-order chi connectivity index (χ1) is 12.8. The third kappa shape index (κ3) is 3.27. The summed E-state index contributed by atoms with van der Waals surface area (Å²) in [5.74, 6) is -0.0898. The number of nitrogens with one attached hydrogen (secondary N) is 2. The van der Waals surface area contributed by atoms with Gasteiger partial charge in [-0.1, -0.05) is 38.1 Å². The number of anilines is 2. The maximum atomic E-state index is 13.1. The summed E-state index contributed by atoms with van der Waals surface area (Å²) in [6, 6.07) is 14.2. The average molecular weight is 365 g/mol. The van der Waals surface area contributed by atoms with E-state index in [1.54, 1.807) is 12.1 Å². The summed E-state index contributed by atoms with van der Waals surface area (Å²) in [7, 11) is 0. The summed E-state index contributed by atoms with van der Waals surface area (Å²) < 4.78 is 0. The lowest BCUT2D eigenvalue weighted by Crippen LogP contribution is -2.47. The molecule has 0 radical (unpaired) electrons. The Morgan fingerprint density at radius 2 is 1.78 bits per heavy atom. The Labute approximate surface area is 158 Å². The van der Waals surface area contributed by atoms with Gasteiger partial charge in [0.1, 0.15) is 5.78 Å². The van der Waals surface area contributed by atoms with Crippen molar-refractivity contribution in [1.29, 1.82) is 0 Å². The zero-order chi connectivity index (χ0) is 19.2. The molecule has 1 fully saturated rings. The summed E-state index contributed by atoms with van der Waals surface area (Å²) in [6.07, 6.45) is 1.38. The second-order valence-corrected chi connectivity index (χ2v) is 8.31. The number of hydrogen-bond acceptors (Lipinski definition) is 5. The van der Waals surface area contributed by atoms with Crippen molar-refractivity contribution in [3.8, 4) is 0 Å². The lowest BCUT2D eigenvalue weighted by molar-refractivity contribution is -0.384. The summed E-state index contributed by atoms with van der Waals surface area (Å²) in [6.45, 7) is 4.24. The highest BCUT2D eigenvalue weighted by Gasteiger charge is 2.46. The molecule has 2 aliphatic rings. The van der Waals surface area contributed by atoms with E-state index >= 15 is 0 Å². The van der Waals surface area contributed by atoms with Gasteiger partial charge in [-0.2, -0.15) is 0 Å². The molecule has 4 rings (SSSR count). The topological polar surface area (TPSA) is 84.3 Å². The second kappa shape index (κ2) is 6.37. The molecule has 6 heteroatoms. The Bertz CT molecular complexity index is 909. The fourth-order valence-corrected chi connectivity index (χ4v) is 4.48. The molecule has 0 saturated heterocycles. The molecular weight excluding hydrogens is 342 g/mol. The van der Waals surface area contributed by atoms with Crippen LogP contribution in [0.3, 0.4) is 0 Å². The van der Waals surface area contributed by atoms with Gasteiger partial charge in [-0.25, -0.2) is 0 Å². The third-order valence-corrected chi connectivity index (χ3v) is 5.61. The molecule has 27 heavy (non-hydrogen) atoms. The summed E-state index contributed by atoms with van der Waals surface area (Å²) >= 11 is 0. The van der Waals surface area contributed by atoms with Crippen molar-refractivity contribution >= 4 is 22.8 Å². The lowest BCUT2D eigenvalue weighted by Gasteiger charge is -2.42. The Balaban J connectivity index is 1.82. The van der Waals surface area contributed by atoms with Gasteiger partial charge in [0.25, 0.3) is 5.69 Å². The third-order valence-electron chi connectivity index (χ3n) is 5.61. The van der Waals surface area contributed by atoms with E-state index in [4.69, 9.17) is 0 Å². The van der Waals surface area contributed by atoms with Crippen LogP contribution in [0.2, 0.25) is 0 Å². The van der Waals surface area contributed by atoms with Crippen LogP contribution < -0.4 is 10.6 Å². The lowest BCUT2D eigenvalue weighted by atomic mass is 9.66. The van der Waals surface area contributed by atoms with Crippen LogP contribution in [-0.2, 0) is 4.79 Å². The molecule has 2 aromatic rings. The number of nitro benzene ring substituents is 1. The number of Topliss-reactive ketones (excluding diaryl/α,β-unsaturated/α-hetero) is 1. The van der Waals surface area contributed by atoms with Gasteiger partial charge < -0.3 is 10.6 Å². The minimum absolute atomic E-state index is 0.0262. The number of para-hydroxylation sites is 2. The molecule has 1 saturated carbocycles. The van der Waals surface area contributed by atoms with E-state index in [0.29, 0.717) is 6.42 Å². The van der Waals surface area contributed by atoms with Gasteiger partial charge in [0.05, 0.1) is 28.3 Å². The predicted molar refractivity (Wildman–Crippen MR) is 105 cm³/mol. The molecule has 0 bridgehead atoms. The SMILES string of the molecule is CC1(C)CC(=O)[C@@H]2[C@H](C1)Nc1ccccc1N[C@H]2c1cccc([N+](=O)[O-])c1. The number of hydrogen-bond donors (Lipinski definition) is 2. The Kier molecular flexibility index (Phi) is 4.13. The summed E-state index contributed by atoms with van der Waals surface area (Å²) in [4.78, 5) is 24.0. The zero-order valence-corrected chi connectivity index (χ0v) is 15.4. The van der Waals surface area contributed by atoms with Crippen molar-refractivity contribution in [2.24, 2.45) is 11.3 Å². The highest BCUT2D eigenvalue weighted by atomic mass is 16.6. The molecule has 0 spiro atoms. The van der Waals surface area contributed by atoms with Crippen molar-refractivity contribution in [2.75, 3.05) is 10.6 Å². The van der Waals surface area contributed by atoms with Crippen LogP contribution in [0.4, 0.5) is 17.1 Å². The molecule has 1 aliphatic heterocycles. The zero-order valence-electron chi connectivity index (χ0n) is 15.4. The van der Waals surface area contributed by atoms with E-state index in [0.717, 1.165) is 23.4 Å². The maximum absolute atomic E-state index is 13.1. The predicted octanol–water partition coefficient (Wildman–Crippen LogP) is 4.55. The first-order valence-electron chi connectivity index (χ1n) is 9.23. The number of ketones is 1. The molecule has 140 valence electrons. The van der Waals surface area contributed by atoms with Crippen LogP contribution in [0, 0.1) is 21.4 Å². The van der Waals surface area contributed by atoms with Crippen molar-refractivity contribution in [3.63, 3.8) is 0 Å². The van der Waals surface area contributed by atoms with Crippen LogP contribution in [0.25, 0.3) is 0 Å². The molecular formula is C21H23N3O3. The van der Waals surface area contributed by atoms with Crippen LogP contribution in [0.1, 0.15) is 38.3 Å². The van der Waals surface area contributed by atoms with E-state index < -0.39 is 4.92 Å². The number of nitrogens with zero attached hydrogens (tertiary/aromatic N) is 1. The molecule has 1 aliphatic carbocycles. The van der Waals surface area contributed by atoms with Crippen LogP contribution in [0.5, 0.6) is 0 Å². The molecule has 0 unspecified atom stereocenters. The van der Waals surface area contributed by atoms with E-state index in [1.165, 1.54) is 6.07 Å². The highest BCUT2D eigenvalue weighted by molar-refractivity contribution is 5.87. The number of carbonyl (C=O) groups is 1. The molecule has 3 atom stereocenters. The van der Waals surface area contributed by atoms with E-state index in [-0.39, 0.29) is 34.9 Å². The Morgan fingerprint density at radius 1 is 1.07 bits per heavy atom. The van der Waals surface area contributed by atoms with Gasteiger partial charge in [0.2, 0.25) is 0 Å². The quantitative estimate of drug-likeness (QED) is 0.602. The molecule has 6 nitrogen and oxygen atoms in total. The second-order valence-electron chi connectivity index (χ2n) is 8.31. The number of carbonyl (C=O) groups excluding carboxylic acids is 1. The largest absolute Gasteiger partial charge is 0.380 e. The van der Waals surface area contributed by atoms with Gasteiger partial charge in [-0.15, -0.1) is 0 Å². The number of nitro groups is 1. The first kappa shape index (κ1) is 17.5. The average Bonchev–Trinajstić information content (AvgIpc) is 2.77. The first-order valence-corrected chi connectivity index (χ1v) is 9.23. The maximum Gasteiger partial charge on any atom is 0.269 e. The summed E-state index contributed by atoms with van der Waals surface area (Å²) in [5, 5.41) is 18.3. The molecule has 2 N–H and O–H groups in total. The Hall–Kier alpha value is -2.89. The minimum Gasteiger partial charge on any atom is -0.380 e. The highest BCUT2D eigenvalue weighted by Crippen LogP contribution is 2.46. The van der Waals surface area contributed by atoms with Crippen LogP contribution >= 0.6 is 0 Å². The standard InChI is InChI=1S/C21H23N3O3/c1-21(2)11-17-19(18(25)12-21)20(13-6-5-7-14(10-13)24(26)27)23-16-9-4-3-8-15(16)22-17/h3-10,17,19-20,22-23H,11-12H2,1-2H3/t17-,19-,20-/m0/s1. The van der Waals surface area contributed by atoms with Gasteiger partial charge in [-0.05, 0) is 29.5 Å². The smallest absolute Gasteiger partial charge is 0.269 e. The van der Waals surface area contributed by atoms with Gasteiger partial charge in [0.15, 0.2) is 0 Å². The van der Waals surface area contributed by atoms with Gasteiger partial charge >= 0.3 is 0 Å². The van der Waals surface area contributed by atoms with Crippen molar-refractivity contribution in [1.82, 2.24) is 0 Å². The Morgan fingerprint density at radius 3 is 2.48 bits per heavy atom. The fourth-order valence-electron chi connectivity index (χ4n) is 4.48. The summed E-state index contributed by atoms with van der Waals surface area (Å²) in [5.41, 5.74) is 2.61. The van der Waals surface area contributed by atoms with E-state index in [2.05, 4.69) is 24.5 Å². The fraction of sp³-hybridized carbons (Fsp3) is 0.381. The van der Waals surface area contributed by atoms with Crippen LogP contribution in [0.15, 0.2) is 48.5 Å². The van der Waals surface area contributed by atoms with Gasteiger partial charge in [0, 0.05) is 24.6 Å². The normalized spacial score (nSPS) is 26.0. The number of fused-ring (bicyclic) bond motifs is 2. The molecule has 0 aromatic heterocycles. The van der Waals surface area contributed by atoms with Crippen molar-refractivity contribution < 1.29 is 9.72 Å². The monoisotopic (exact) mass is 365 g/mol. The minimum atomic E-state index is -0.393. The number of rotatable bonds is 2. The number of non-ortho nitro benzene ring substituents is 1. The molecule has 2 aromatic carbocycles. The van der Waals surface area contributed by atoms with Crippen molar-refractivity contribution in [3.05, 3.63) is 64.2 Å². The van der Waals surface area contributed by atoms with E-state index in [9.17, 15) is 14.9 Å². The van der Waals surface area contributed by atoms with Crippen molar-refractivity contribution in [2.45, 2.75) is 38.8 Å².